The van der Waals surface area contributed by atoms with Crippen LogP contribution in [0.1, 0.15) is 16.3 Å². The molecule has 7 heteroatoms. The maximum atomic E-state index is 12.5. The normalized spacial score (nSPS) is 11.2. The van der Waals surface area contributed by atoms with Gasteiger partial charge in [0.05, 0.1) is 12.0 Å². The molecule has 0 bridgehead atoms. The molecule has 0 saturated heterocycles. The number of carboxylic acid groups (broad SMARTS) is 1. The third-order valence-electron chi connectivity index (χ3n) is 3.19. The van der Waals surface area contributed by atoms with E-state index in [2.05, 4.69) is 4.98 Å². The minimum atomic E-state index is -1.06. The summed E-state index contributed by atoms with van der Waals surface area (Å²) in [5.41, 5.74) is 0.588. The van der Waals surface area contributed by atoms with Crippen LogP contribution in [0.2, 0.25) is 0 Å². The highest BCUT2D eigenvalue weighted by Gasteiger charge is 2.17. The van der Waals surface area contributed by atoms with Crippen molar-refractivity contribution in [1.82, 2.24) is 9.55 Å². The Bertz CT molecular complexity index is 717. The van der Waals surface area contributed by atoms with Crippen LogP contribution in [0.5, 0.6) is 0 Å². The van der Waals surface area contributed by atoms with Crippen molar-refractivity contribution in [2.75, 3.05) is 13.7 Å². The van der Waals surface area contributed by atoms with E-state index in [1.807, 2.05) is 13.8 Å². The predicted molar refractivity (Wildman–Crippen MR) is 76.6 cm³/mol. The SMILES string of the molecule is COCCc1nc2sc(C)c(C)c2c(=O)n1CC(=O)O. The molecule has 0 spiro atoms. The standard InChI is InChI=1S/C13H16N2O4S/c1-7-8(2)20-12-11(7)13(18)15(6-10(16)17)9(14-12)4-5-19-3/h4-6H2,1-3H3,(H,16,17). The molecule has 2 aromatic heterocycles. The second-order valence-electron chi connectivity index (χ2n) is 4.52. The third kappa shape index (κ3) is 2.59. The van der Waals surface area contributed by atoms with Crippen molar-refractivity contribution in [3.05, 3.63) is 26.6 Å². The Hall–Kier alpha value is -1.73. The summed E-state index contributed by atoms with van der Waals surface area (Å²) in [5, 5.41) is 9.49. The number of ether oxygens (including phenoxy) is 1. The van der Waals surface area contributed by atoms with Crippen LogP contribution in [0, 0.1) is 13.8 Å². The van der Waals surface area contributed by atoms with Gasteiger partial charge in [0, 0.05) is 18.4 Å². The zero-order chi connectivity index (χ0) is 14.9. The summed E-state index contributed by atoms with van der Waals surface area (Å²) in [6.45, 7) is 3.80. The molecule has 20 heavy (non-hydrogen) atoms. The number of thiophene rings is 1. The van der Waals surface area contributed by atoms with Crippen LogP contribution in [0.3, 0.4) is 0 Å². The molecule has 0 unspecified atom stereocenters. The third-order valence-corrected chi connectivity index (χ3v) is 4.29. The molecule has 2 rings (SSSR count). The summed E-state index contributed by atoms with van der Waals surface area (Å²) in [6, 6.07) is 0. The van der Waals surface area contributed by atoms with Crippen molar-refractivity contribution in [2.45, 2.75) is 26.8 Å². The monoisotopic (exact) mass is 296 g/mol. The topological polar surface area (TPSA) is 81.4 Å². The van der Waals surface area contributed by atoms with E-state index in [0.29, 0.717) is 29.1 Å². The summed E-state index contributed by atoms with van der Waals surface area (Å²) >= 11 is 1.46. The summed E-state index contributed by atoms with van der Waals surface area (Å²) in [6.07, 6.45) is 0.408. The van der Waals surface area contributed by atoms with E-state index in [9.17, 15) is 9.59 Å². The minimum Gasteiger partial charge on any atom is -0.480 e. The lowest BCUT2D eigenvalue weighted by Gasteiger charge is -2.10. The van der Waals surface area contributed by atoms with Crippen molar-refractivity contribution in [3.8, 4) is 0 Å². The van der Waals surface area contributed by atoms with E-state index in [1.54, 1.807) is 7.11 Å². The molecule has 6 nitrogen and oxygen atoms in total. The van der Waals surface area contributed by atoms with Gasteiger partial charge in [0.2, 0.25) is 0 Å². The smallest absolute Gasteiger partial charge is 0.323 e. The number of nitrogens with zero attached hydrogens (tertiary/aromatic N) is 2. The van der Waals surface area contributed by atoms with Gasteiger partial charge in [-0.2, -0.15) is 0 Å². The molecule has 0 aliphatic carbocycles. The van der Waals surface area contributed by atoms with Gasteiger partial charge in [-0.1, -0.05) is 0 Å². The fourth-order valence-electron chi connectivity index (χ4n) is 2.05. The lowest BCUT2D eigenvalue weighted by Crippen LogP contribution is -2.29. The predicted octanol–water partition coefficient (Wildman–Crippen LogP) is 1.35. The Morgan fingerprint density at radius 3 is 2.75 bits per heavy atom. The average molecular weight is 296 g/mol. The first-order valence-corrected chi connectivity index (χ1v) is 6.97. The Balaban J connectivity index is 2.69. The average Bonchev–Trinajstić information content (AvgIpc) is 2.66. The van der Waals surface area contributed by atoms with E-state index >= 15 is 0 Å². The van der Waals surface area contributed by atoms with Gasteiger partial charge in [-0.05, 0) is 19.4 Å². The number of hydrogen-bond donors (Lipinski definition) is 1. The van der Waals surface area contributed by atoms with Crippen molar-refractivity contribution >= 4 is 27.5 Å². The molecule has 2 heterocycles. The lowest BCUT2D eigenvalue weighted by molar-refractivity contribution is -0.137. The zero-order valence-corrected chi connectivity index (χ0v) is 12.4. The molecule has 108 valence electrons. The highest BCUT2D eigenvalue weighted by molar-refractivity contribution is 7.18. The molecule has 0 aliphatic heterocycles. The number of carboxylic acids is 1. The summed E-state index contributed by atoms with van der Waals surface area (Å²) in [7, 11) is 1.55. The van der Waals surface area contributed by atoms with Gasteiger partial charge >= 0.3 is 5.97 Å². The Morgan fingerprint density at radius 1 is 1.45 bits per heavy atom. The van der Waals surface area contributed by atoms with Gasteiger partial charge in [-0.15, -0.1) is 11.3 Å². The van der Waals surface area contributed by atoms with Gasteiger partial charge in [-0.25, -0.2) is 4.98 Å². The van der Waals surface area contributed by atoms with Crippen LogP contribution < -0.4 is 5.56 Å². The largest absolute Gasteiger partial charge is 0.480 e. The Labute approximate surface area is 119 Å². The molecule has 0 saturated carbocycles. The van der Waals surface area contributed by atoms with Gasteiger partial charge in [0.1, 0.15) is 17.2 Å². The van der Waals surface area contributed by atoms with Gasteiger partial charge in [0.25, 0.3) is 5.56 Å². The molecule has 0 aliphatic rings. The van der Waals surface area contributed by atoms with Crippen LogP contribution in [-0.4, -0.2) is 34.3 Å². The highest BCUT2D eigenvalue weighted by atomic mass is 32.1. The molecule has 2 aromatic rings. The first-order chi connectivity index (χ1) is 9.45. The van der Waals surface area contributed by atoms with Crippen molar-refractivity contribution in [2.24, 2.45) is 0 Å². The van der Waals surface area contributed by atoms with E-state index in [-0.39, 0.29) is 12.1 Å². The van der Waals surface area contributed by atoms with Crippen LogP contribution in [0.15, 0.2) is 4.79 Å². The van der Waals surface area contributed by atoms with Gasteiger partial charge in [-0.3, -0.25) is 14.2 Å². The summed E-state index contributed by atoms with van der Waals surface area (Å²) in [5.74, 6) is -0.607. The van der Waals surface area contributed by atoms with Crippen LogP contribution in [0.4, 0.5) is 0 Å². The Kier molecular flexibility index (Phi) is 4.20. The molecule has 0 atom stereocenters. The van der Waals surface area contributed by atoms with Gasteiger partial charge < -0.3 is 9.84 Å². The van der Waals surface area contributed by atoms with E-state index in [0.717, 1.165) is 10.4 Å². The fraction of sp³-hybridized carbons (Fsp3) is 0.462. The van der Waals surface area contributed by atoms with E-state index in [1.165, 1.54) is 15.9 Å². The number of methoxy groups -OCH3 is 1. The first kappa shape index (κ1) is 14.7. The van der Waals surface area contributed by atoms with Crippen LogP contribution in [-0.2, 0) is 22.5 Å². The molecule has 1 N–H and O–H groups in total. The number of fused-ring (bicyclic) bond motifs is 1. The van der Waals surface area contributed by atoms with Crippen LogP contribution in [0.25, 0.3) is 10.2 Å². The number of aliphatic carboxylic acids is 1. The molecular formula is C13H16N2O4S. The van der Waals surface area contributed by atoms with E-state index < -0.39 is 5.97 Å². The van der Waals surface area contributed by atoms with Crippen LogP contribution >= 0.6 is 11.3 Å². The highest BCUT2D eigenvalue weighted by Crippen LogP contribution is 2.26. The first-order valence-electron chi connectivity index (χ1n) is 6.15. The molecule has 0 aromatic carbocycles. The van der Waals surface area contributed by atoms with Crippen molar-refractivity contribution < 1.29 is 14.6 Å². The molecular weight excluding hydrogens is 280 g/mol. The minimum absolute atomic E-state index is 0.287. The second kappa shape index (κ2) is 5.72. The quantitative estimate of drug-likeness (QED) is 0.900. The number of carbonyl (C=O) groups is 1. The molecule has 0 fully saturated rings. The molecule has 0 radical (unpaired) electrons. The zero-order valence-electron chi connectivity index (χ0n) is 11.6. The molecule has 0 amide bonds. The number of rotatable bonds is 5. The maximum Gasteiger partial charge on any atom is 0.323 e. The number of aryl methyl sites for hydroxylation is 2. The maximum absolute atomic E-state index is 12.5. The second-order valence-corrected chi connectivity index (χ2v) is 5.72. The summed E-state index contributed by atoms with van der Waals surface area (Å²) < 4.78 is 6.21. The Morgan fingerprint density at radius 2 is 2.15 bits per heavy atom. The number of aromatic nitrogens is 2. The summed E-state index contributed by atoms with van der Waals surface area (Å²) in [4.78, 5) is 29.6. The van der Waals surface area contributed by atoms with Crippen molar-refractivity contribution in [1.29, 1.82) is 0 Å². The van der Waals surface area contributed by atoms with E-state index in [4.69, 9.17) is 9.84 Å². The fourth-order valence-corrected chi connectivity index (χ4v) is 3.09. The van der Waals surface area contributed by atoms with Gasteiger partial charge in [0.15, 0.2) is 0 Å². The van der Waals surface area contributed by atoms with Crippen molar-refractivity contribution in [3.63, 3.8) is 0 Å². The number of hydrogen-bond acceptors (Lipinski definition) is 5. The lowest BCUT2D eigenvalue weighted by atomic mass is 10.2.